The fourth-order valence-electron chi connectivity index (χ4n) is 2.83. The molecule has 1 aliphatic rings. The third-order valence-electron chi connectivity index (χ3n) is 4.18. The summed E-state index contributed by atoms with van der Waals surface area (Å²) in [6, 6.07) is 5.90. The lowest BCUT2D eigenvalue weighted by atomic mass is 10.0. The molecule has 0 bridgehead atoms. The average Bonchev–Trinajstić information content (AvgIpc) is 2.55. The van der Waals surface area contributed by atoms with Crippen LogP contribution in [-0.4, -0.2) is 63.0 Å². The molecule has 0 spiro atoms. The number of urea groups is 1. The standard InChI is InChI=1S/C16H25N3O4S/c1-24(22,23)15-7-5-13(6-8-15)18-16(21)17-9-11-19-10-3-2-4-14(19)12-20/h5-8,14,20H,2-4,9-12H2,1H3,(H2,17,18,21)/t14-/m0/s1. The summed E-state index contributed by atoms with van der Waals surface area (Å²) in [5, 5.41) is 14.8. The van der Waals surface area contributed by atoms with Crippen LogP contribution < -0.4 is 10.6 Å². The number of nitrogens with one attached hydrogen (secondary N) is 2. The number of hydrogen-bond acceptors (Lipinski definition) is 5. The van der Waals surface area contributed by atoms with Crippen molar-refractivity contribution in [1.29, 1.82) is 0 Å². The first-order valence-electron chi connectivity index (χ1n) is 8.10. The molecular weight excluding hydrogens is 330 g/mol. The van der Waals surface area contributed by atoms with E-state index in [1.54, 1.807) is 12.1 Å². The highest BCUT2D eigenvalue weighted by Gasteiger charge is 2.20. The van der Waals surface area contributed by atoms with Crippen LogP contribution in [-0.2, 0) is 9.84 Å². The molecule has 1 fully saturated rings. The molecular formula is C16H25N3O4S. The number of hydrogen-bond donors (Lipinski definition) is 3. The first kappa shape index (κ1) is 18.7. The molecule has 0 aromatic heterocycles. The summed E-state index contributed by atoms with van der Waals surface area (Å²) in [4.78, 5) is 14.3. The van der Waals surface area contributed by atoms with Crippen LogP contribution in [0.4, 0.5) is 10.5 Å². The molecule has 3 N–H and O–H groups in total. The largest absolute Gasteiger partial charge is 0.395 e. The Morgan fingerprint density at radius 3 is 2.62 bits per heavy atom. The van der Waals surface area contributed by atoms with Crippen molar-refractivity contribution in [2.45, 2.75) is 30.2 Å². The molecule has 1 aliphatic heterocycles. The molecule has 0 unspecified atom stereocenters. The van der Waals surface area contributed by atoms with E-state index in [0.717, 1.165) is 32.1 Å². The quantitative estimate of drug-likeness (QED) is 0.709. The molecule has 1 heterocycles. The zero-order valence-corrected chi connectivity index (χ0v) is 14.7. The van der Waals surface area contributed by atoms with Gasteiger partial charge in [0.15, 0.2) is 9.84 Å². The number of benzene rings is 1. The van der Waals surface area contributed by atoms with Gasteiger partial charge in [-0.15, -0.1) is 0 Å². The van der Waals surface area contributed by atoms with Crippen LogP contribution in [0.1, 0.15) is 19.3 Å². The van der Waals surface area contributed by atoms with E-state index in [4.69, 9.17) is 0 Å². The van der Waals surface area contributed by atoms with E-state index in [0.29, 0.717) is 18.8 Å². The normalized spacial score (nSPS) is 19.0. The predicted molar refractivity (Wildman–Crippen MR) is 92.9 cm³/mol. The highest BCUT2D eigenvalue weighted by Crippen LogP contribution is 2.16. The van der Waals surface area contributed by atoms with E-state index in [-0.39, 0.29) is 23.6 Å². The molecule has 24 heavy (non-hydrogen) atoms. The fourth-order valence-corrected chi connectivity index (χ4v) is 3.47. The van der Waals surface area contributed by atoms with Crippen molar-refractivity contribution < 1.29 is 18.3 Å². The molecule has 2 amide bonds. The van der Waals surface area contributed by atoms with E-state index >= 15 is 0 Å². The minimum Gasteiger partial charge on any atom is -0.395 e. The number of rotatable bonds is 6. The number of nitrogens with zero attached hydrogens (tertiary/aromatic N) is 1. The van der Waals surface area contributed by atoms with E-state index in [2.05, 4.69) is 15.5 Å². The molecule has 0 radical (unpaired) electrons. The van der Waals surface area contributed by atoms with E-state index in [9.17, 15) is 18.3 Å². The number of carbonyl (C=O) groups is 1. The fraction of sp³-hybridized carbons (Fsp3) is 0.562. The zero-order valence-electron chi connectivity index (χ0n) is 13.9. The Bertz CT molecular complexity index is 646. The Morgan fingerprint density at radius 1 is 1.29 bits per heavy atom. The number of amides is 2. The number of sulfone groups is 1. The molecule has 1 aromatic rings. The summed E-state index contributed by atoms with van der Waals surface area (Å²) >= 11 is 0. The van der Waals surface area contributed by atoms with Gasteiger partial charge in [0.25, 0.3) is 0 Å². The van der Waals surface area contributed by atoms with Gasteiger partial charge in [-0.2, -0.15) is 0 Å². The van der Waals surface area contributed by atoms with Crippen molar-refractivity contribution in [1.82, 2.24) is 10.2 Å². The van der Waals surface area contributed by atoms with Crippen LogP contribution in [0.15, 0.2) is 29.2 Å². The van der Waals surface area contributed by atoms with Crippen molar-refractivity contribution in [3.63, 3.8) is 0 Å². The van der Waals surface area contributed by atoms with Gasteiger partial charge in [-0.25, -0.2) is 13.2 Å². The van der Waals surface area contributed by atoms with Crippen LogP contribution in [0.2, 0.25) is 0 Å². The Hall–Kier alpha value is -1.64. The van der Waals surface area contributed by atoms with Gasteiger partial charge in [-0.3, -0.25) is 4.90 Å². The second kappa shape index (κ2) is 8.46. The Labute approximate surface area is 143 Å². The van der Waals surface area contributed by atoms with Crippen LogP contribution in [0.5, 0.6) is 0 Å². The highest BCUT2D eigenvalue weighted by atomic mass is 32.2. The monoisotopic (exact) mass is 355 g/mol. The number of carbonyl (C=O) groups excluding carboxylic acids is 1. The predicted octanol–water partition coefficient (Wildman–Crippen LogP) is 1.06. The third kappa shape index (κ3) is 5.47. The first-order chi connectivity index (χ1) is 11.4. The van der Waals surface area contributed by atoms with E-state index in [1.807, 2.05) is 0 Å². The van der Waals surface area contributed by atoms with Gasteiger partial charge < -0.3 is 15.7 Å². The van der Waals surface area contributed by atoms with Crippen LogP contribution in [0.3, 0.4) is 0 Å². The van der Waals surface area contributed by atoms with Gasteiger partial charge >= 0.3 is 6.03 Å². The third-order valence-corrected chi connectivity index (χ3v) is 5.31. The van der Waals surface area contributed by atoms with Crippen molar-refractivity contribution in [3.05, 3.63) is 24.3 Å². The molecule has 1 aromatic carbocycles. The molecule has 8 heteroatoms. The van der Waals surface area contributed by atoms with E-state index in [1.165, 1.54) is 12.1 Å². The van der Waals surface area contributed by atoms with Crippen LogP contribution in [0.25, 0.3) is 0 Å². The van der Waals surface area contributed by atoms with Gasteiger partial charge in [0.2, 0.25) is 0 Å². The minimum absolute atomic E-state index is 0.152. The second-order valence-electron chi connectivity index (χ2n) is 6.05. The van der Waals surface area contributed by atoms with Crippen molar-refractivity contribution in [3.8, 4) is 0 Å². The Morgan fingerprint density at radius 2 is 2.00 bits per heavy atom. The lowest BCUT2D eigenvalue weighted by Crippen LogP contribution is -2.46. The number of piperidine rings is 1. The maximum atomic E-state index is 11.9. The summed E-state index contributed by atoms with van der Waals surface area (Å²) in [5.41, 5.74) is 0.533. The minimum atomic E-state index is -3.24. The number of aliphatic hydroxyl groups is 1. The smallest absolute Gasteiger partial charge is 0.319 e. The topological polar surface area (TPSA) is 98.7 Å². The number of aliphatic hydroxyl groups excluding tert-OH is 1. The summed E-state index contributed by atoms with van der Waals surface area (Å²) in [7, 11) is -3.24. The molecule has 0 saturated carbocycles. The zero-order chi connectivity index (χ0) is 17.6. The lowest BCUT2D eigenvalue weighted by molar-refractivity contribution is 0.0917. The van der Waals surface area contributed by atoms with Crippen molar-refractivity contribution >= 4 is 21.6 Å². The van der Waals surface area contributed by atoms with Gasteiger partial charge in [-0.1, -0.05) is 6.42 Å². The maximum Gasteiger partial charge on any atom is 0.319 e. The van der Waals surface area contributed by atoms with Gasteiger partial charge in [0, 0.05) is 31.1 Å². The molecule has 7 nitrogen and oxygen atoms in total. The van der Waals surface area contributed by atoms with Gasteiger partial charge in [0.05, 0.1) is 11.5 Å². The summed E-state index contributed by atoms with van der Waals surface area (Å²) in [6.45, 7) is 2.29. The molecule has 1 atom stereocenters. The Kier molecular flexibility index (Phi) is 6.59. The van der Waals surface area contributed by atoms with Crippen LogP contribution in [0, 0.1) is 0 Å². The second-order valence-corrected chi connectivity index (χ2v) is 8.06. The lowest BCUT2D eigenvalue weighted by Gasteiger charge is -2.34. The Balaban J connectivity index is 1.77. The molecule has 2 rings (SSSR count). The summed E-state index contributed by atoms with van der Waals surface area (Å²) < 4.78 is 22.8. The van der Waals surface area contributed by atoms with Gasteiger partial charge in [0.1, 0.15) is 0 Å². The average molecular weight is 355 g/mol. The maximum absolute atomic E-state index is 11.9. The first-order valence-corrected chi connectivity index (χ1v) is 9.99. The molecule has 1 saturated heterocycles. The van der Waals surface area contributed by atoms with Gasteiger partial charge in [-0.05, 0) is 43.7 Å². The highest BCUT2D eigenvalue weighted by molar-refractivity contribution is 7.90. The number of anilines is 1. The van der Waals surface area contributed by atoms with Crippen LogP contribution >= 0.6 is 0 Å². The summed E-state index contributed by atoms with van der Waals surface area (Å²) in [6.07, 6.45) is 4.40. The summed E-state index contributed by atoms with van der Waals surface area (Å²) in [5.74, 6) is 0. The SMILES string of the molecule is CS(=O)(=O)c1ccc(NC(=O)NCCN2CCCC[C@H]2CO)cc1. The van der Waals surface area contributed by atoms with E-state index < -0.39 is 9.84 Å². The molecule has 0 aliphatic carbocycles. The number of likely N-dealkylation sites (tertiary alicyclic amines) is 1. The molecule has 134 valence electrons. The van der Waals surface area contributed by atoms with Crippen molar-refractivity contribution in [2.75, 3.05) is 37.8 Å². The van der Waals surface area contributed by atoms with Crippen molar-refractivity contribution in [2.24, 2.45) is 0 Å².